The lowest BCUT2D eigenvalue weighted by molar-refractivity contribution is -0.165. The van der Waals surface area contributed by atoms with E-state index in [4.69, 9.17) is 28.4 Å². The number of nitrogens with zero attached hydrogens (tertiary/aromatic N) is 2. The maximum Gasteiger partial charge on any atom is 0.351 e. The highest BCUT2D eigenvalue weighted by Crippen LogP contribution is 2.38. The minimum Gasteiger partial charge on any atom is -0.493 e. The highest BCUT2D eigenvalue weighted by Gasteiger charge is 2.48. The van der Waals surface area contributed by atoms with Gasteiger partial charge in [-0.15, -0.1) is 0 Å². The van der Waals surface area contributed by atoms with Gasteiger partial charge >= 0.3 is 17.6 Å². The van der Waals surface area contributed by atoms with Crippen molar-refractivity contribution in [3.8, 4) is 17.2 Å². The lowest BCUT2D eigenvalue weighted by atomic mass is 10.1. The second kappa shape index (κ2) is 11.2. The zero-order chi connectivity index (χ0) is 27.4. The molecular weight excluding hydrogens is 497 g/mol. The molecule has 13 nitrogen and oxygen atoms in total. The Bertz CT molecular complexity index is 1240. The minimum atomic E-state index is -1.35. The molecule has 0 radical (unpaired) electrons. The predicted molar refractivity (Wildman–Crippen MR) is 123 cm³/mol. The number of aromatic nitrogens is 2. The highest BCUT2D eigenvalue weighted by atomic mass is 19.1. The normalized spacial score (nSPS) is 20.6. The second-order valence-corrected chi connectivity index (χ2v) is 7.88. The molecule has 3 rings (SSSR count). The number of ether oxygens (including phenoxy) is 6. The fraction of sp³-hybridized carbons (Fsp3) is 0.435. The molecule has 1 fully saturated rings. The van der Waals surface area contributed by atoms with Gasteiger partial charge in [0.25, 0.3) is 5.91 Å². The number of amides is 1. The number of methoxy groups -OCH3 is 3. The first-order valence-corrected chi connectivity index (χ1v) is 10.9. The topological polar surface area (TPSA) is 154 Å². The quantitative estimate of drug-likeness (QED) is 0.500. The van der Waals surface area contributed by atoms with Gasteiger partial charge in [-0.1, -0.05) is 0 Å². The van der Waals surface area contributed by atoms with Gasteiger partial charge in [0.05, 0.1) is 33.6 Å². The lowest BCUT2D eigenvalue weighted by Crippen LogP contribution is -2.40. The van der Waals surface area contributed by atoms with Crippen LogP contribution in [0.1, 0.15) is 37.4 Å². The van der Waals surface area contributed by atoms with Gasteiger partial charge in [-0.05, 0) is 19.1 Å². The molecule has 0 bridgehead atoms. The van der Waals surface area contributed by atoms with Crippen LogP contribution in [0.5, 0.6) is 17.2 Å². The number of carbonyl (C=O) groups excluding carboxylic acids is 3. The molecule has 14 heteroatoms. The first-order chi connectivity index (χ1) is 17.5. The van der Waals surface area contributed by atoms with E-state index in [-0.39, 0.29) is 22.8 Å². The third-order valence-corrected chi connectivity index (χ3v) is 5.37. The molecule has 37 heavy (non-hydrogen) atoms. The first kappa shape index (κ1) is 27.4. The number of benzene rings is 1. The maximum absolute atomic E-state index is 15.0. The zero-order valence-electron chi connectivity index (χ0n) is 20.9. The maximum atomic E-state index is 15.0. The Morgan fingerprint density at radius 3 is 2.08 bits per heavy atom. The summed E-state index contributed by atoms with van der Waals surface area (Å²) in [6.07, 6.45) is -3.72. The fourth-order valence-electron chi connectivity index (χ4n) is 3.81. The van der Waals surface area contributed by atoms with Crippen LogP contribution in [-0.2, 0) is 23.8 Å². The summed E-state index contributed by atoms with van der Waals surface area (Å²) in [5.74, 6) is -3.36. The van der Waals surface area contributed by atoms with Gasteiger partial charge in [-0.25, -0.2) is 9.18 Å². The number of nitrogens with one attached hydrogen (secondary N) is 1. The SMILES string of the molecule is COc1cc(C(=O)Nc2nc(=O)n([C@@H]3O[C@H](C)[C@@H](OC(C)=O)[C@H]3OC(C)=O)cc2F)cc(OC)c1OC. The molecule has 200 valence electrons. The van der Waals surface area contributed by atoms with E-state index in [2.05, 4.69) is 10.3 Å². The third kappa shape index (κ3) is 5.80. The van der Waals surface area contributed by atoms with Gasteiger partial charge in [0.15, 0.2) is 41.6 Å². The van der Waals surface area contributed by atoms with Crippen molar-refractivity contribution in [2.75, 3.05) is 26.6 Å². The van der Waals surface area contributed by atoms with Crippen molar-refractivity contribution in [1.82, 2.24) is 9.55 Å². The molecular formula is C23H26FN3O10. The van der Waals surface area contributed by atoms with Crippen molar-refractivity contribution >= 4 is 23.7 Å². The fourth-order valence-corrected chi connectivity index (χ4v) is 3.81. The van der Waals surface area contributed by atoms with Gasteiger partial charge < -0.3 is 33.7 Å². The summed E-state index contributed by atoms with van der Waals surface area (Å²) in [5.41, 5.74) is -1.02. The molecule has 1 aromatic carbocycles. The van der Waals surface area contributed by atoms with Crippen molar-refractivity contribution in [3.63, 3.8) is 0 Å². The number of carbonyl (C=O) groups is 3. The Morgan fingerprint density at radius 1 is 1.00 bits per heavy atom. The Hall–Kier alpha value is -4.20. The summed E-state index contributed by atoms with van der Waals surface area (Å²) in [6, 6.07) is 2.67. The van der Waals surface area contributed by atoms with E-state index in [0.29, 0.717) is 0 Å². The van der Waals surface area contributed by atoms with Crippen molar-refractivity contribution in [2.24, 2.45) is 0 Å². The number of esters is 2. The third-order valence-electron chi connectivity index (χ3n) is 5.37. The standard InChI is InChI=1S/C23H26FN3O10/c1-10-17(36-11(2)28)19(37-12(3)29)22(35-10)27-9-14(24)20(26-23(27)31)25-21(30)13-7-15(32-4)18(34-6)16(8-13)33-5/h7-10,17,19,22H,1-6H3,(H,25,26,30,31)/t10-,17-,19-,22-/m1/s1. The van der Waals surface area contributed by atoms with Crippen LogP contribution in [0.4, 0.5) is 10.2 Å². The van der Waals surface area contributed by atoms with Crippen LogP contribution in [0.3, 0.4) is 0 Å². The second-order valence-electron chi connectivity index (χ2n) is 7.88. The van der Waals surface area contributed by atoms with Crippen LogP contribution >= 0.6 is 0 Å². The van der Waals surface area contributed by atoms with Crippen molar-refractivity contribution < 1.29 is 47.2 Å². The molecule has 1 aliphatic rings. The molecule has 1 saturated heterocycles. The number of rotatable bonds is 8. The number of anilines is 1. The van der Waals surface area contributed by atoms with E-state index in [1.165, 1.54) is 40.4 Å². The zero-order valence-corrected chi connectivity index (χ0v) is 20.9. The molecule has 2 heterocycles. The lowest BCUT2D eigenvalue weighted by Gasteiger charge is -2.23. The van der Waals surface area contributed by atoms with Gasteiger partial charge in [0, 0.05) is 19.4 Å². The van der Waals surface area contributed by atoms with E-state index in [0.717, 1.165) is 24.6 Å². The summed E-state index contributed by atoms with van der Waals surface area (Å²) < 4.78 is 47.4. The Balaban J connectivity index is 1.92. The average Bonchev–Trinajstić information content (AvgIpc) is 3.13. The predicted octanol–water partition coefficient (Wildman–Crippen LogP) is 1.44. The molecule has 1 aromatic heterocycles. The minimum absolute atomic E-state index is 0.00646. The molecule has 1 aliphatic heterocycles. The van der Waals surface area contributed by atoms with Gasteiger partial charge in [0.1, 0.15) is 0 Å². The van der Waals surface area contributed by atoms with Crippen LogP contribution in [0.25, 0.3) is 0 Å². The molecule has 4 atom stereocenters. The highest BCUT2D eigenvalue weighted by molar-refractivity contribution is 6.04. The van der Waals surface area contributed by atoms with Crippen molar-refractivity contribution in [2.45, 2.75) is 45.3 Å². The van der Waals surface area contributed by atoms with Gasteiger partial charge in [0.2, 0.25) is 5.75 Å². The molecule has 0 aliphatic carbocycles. The van der Waals surface area contributed by atoms with E-state index in [1.54, 1.807) is 0 Å². The Labute approximate surface area is 210 Å². The summed E-state index contributed by atoms with van der Waals surface area (Å²) >= 11 is 0. The van der Waals surface area contributed by atoms with Gasteiger partial charge in [-0.3, -0.25) is 19.0 Å². The van der Waals surface area contributed by atoms with E-state index in [1.807, 2.05) is 0 Å². The van der Waals surface area contributed by atoms with Crippen molar-refractivity contribution in [3.05, 3.63) is 40.2 Å². The summed E-state index contributed by atoms with van der Waals surface area (Å²) in [4.78, 5) is 52.4. The molecule has 0 saturated carbocycles. The summed E-state index contributed by atoms with van der Waals surface area (Å²) in [6.45, 7) is 3.81. The molecule has 1 N–H and O–H groups in total. The first-order valence-electron chi connectivity index (χ1n) is 10.9. The van der Waals surface area contributed by atoms with E-state index in [9.17, 15) is 19.2 Å². The van der Waals surface area contributed by atoms with Gasteiger partial charge in [-0.2, -0.15) is 4.98 Å². The largest absolute Gasteiger partial charge is 0.493 e. The van der Waals surface area contributed by atoms with Crippen molar-refractivity contribution in [1.29, 1.82) is 0 Å². The average molecular weight is 523 g/mol. The van der Waals surface area contributed by atoms with Crippen LogP contribution in [0, 0.1) is 5.82 Å². The number of halogens is 1. The molecule has 0 unspecified atom stereocenters. The Kier molecular flexibility index (Phi) is 8.32. The van der Waals surface area contributed by atoms with Crippen LogP contribution in [0.2, 0.25) is 0 Å². The summed E-state index contributed by atoms with van der Waals surface area (Å²) in [5, 5.41) is 2.23. The van der Waals surface area contributed by atoms with Crippen LogP contribution in [0.15, 0.2) is 23.1 Å². The molecule has 0 spiro atoms. The number of hydrogen-bond acceptors (Lipinski definition) is 11. The Morgan fingerprint density at radius 2 is 1.57 bits per heavy atom. The van der Waals surface area contributed by atoms with E-state index < -0.39 is 59.7 Å². The summed E-state index contributed by atoms with van der Waals surface area (Å²) in [7, 11) is 4.12. The number of hydrogen-bond donors (Lipinski definition) is 1. The van der Waals surface area contributed by atoms with Crippen LogP contribution in [-0.4, -0.2) is 67.0 Å². The monoisotopic (exact) mass is 523 g/mol. The van der Waals surface area contributed by atoms with Crippen LogP contribution < -0.4 is 25.2 Å². The molecule has 1 amide bonds. The van der Waals surface area contributed by atoms with E-state index >= 15 is 4.39 Å². The smallest absolute Gasteiger partial charge is 0.351 e. The molecule has 2 aromatic rings.